The molecule has 0 saturated heterocycles. The number of aromatic nitrogens is 1. The molecule has 0 atom stereocenters. The Morgan fingerprint density at radius 2 is 1.90 bits per heavy atom. The Labute approximate surface area is 130 Å². The molecule has 0 aliphatic heterocycles. The molecule has 4 nitrogen and oxygen atoms in total. The fraction of sp³-hybridized carbons (Fsp3) is 0.312. The monoisotopic (exact) mass is 306 g/mol. The molecular formula is C16H19ClN2O2. The van der Waals surface area contributed by atoms with E-state index < -0.39 is 0 Å². The summed E-state index contributed by atoms with van der Waals surface area (Å²) < 4.78 is 11.3. The number of hydrogen-bond acceptors (Lipinski definition) is 4. The molecule has 0 saturated carbocycles. The van der Waals surface area contributed by atoms with Crippen LogP contribution in [0.1, 0.15) is 18.9 Å². The van der Waals surface area contributed by atoms with Gasteiger partial charge in [0, 0.05) is 18.8 Å². The van der Waals surface area contributed by atoms with Gasteiger partial charge in [0.1, 0.15) is 11.5 Å². The molecule has 1 aromatic heterocycles. The van der Waals surface area contributed by atoms with E-state index in [1.54, 1.807) is 6.20 Å². The summed E-state index contributed by atoms with van der Waals surface area (Å²) in [6.07, 6.45) is 2.59. The molecule has 1 N–H and O–H groups in total. The van der Waals surface area contributed by atoms with Crippen molar-refractivity contribution in [3.05, 3.63) is 47.1 Å². The molecule has 0 unspecified atom stereocenters. The summed E-state index contributed by atoms with van der Waals surface area (Å²) in [6.45, 7) is 3.46. The lowest BCUT2D eigenvalue weighted by Crippen LogP contribution is -2.06. The zero-order valence-corrected chi connectivity index (χ0v) is 13.0. The van der Waals surface area contributed by atoms with Crippen molar-refractivity contribution in [1.82, 2.24) is 10.3 Å². The highest BCUT2D eigenvalue weighted by Gasteiger charge is 2.05. The Kier molecular flexibility index (Phi) is 5.84. The molecule has 112 valence electrons. The highest BCUT2D eigenvalue weighted by Crippen LogP contribution is 2.25. The largest absolute Gasteiger partial charge is 0.494 e. The topological polar surface area (TPSA) is 43.4 Å². The molecule has 1 heterocycles. The Hall–Kier alpha value is -1.78. The van der Waals surface area contributed by atoms with Crippen LogP contribution in [-0.2, 0) is 6.54 Å². The second kappa shape index (κ2) is 7.86. The van der Waals surface area contributed by atoms with Crippen molar-refractivity contribution < 1.29 is 9.47 Å². The van der Waals surface area contributed by atoms with Crippen LogP contribution in [-0.4, -0.2) is 18.6 Å². The van der Waals surface area contributed by atoms with E-state index in [9.17, 15) is 0 Å². The van der Waals surface area contributed by atoms with Crippen LogP contribution in [0.2, 0.25) is 5.02 Å². The lowest BCUT2D eigenvalue weighted by molar-refractivity contribution is 0.317. The van der Waals surface area contributed by atoms with Gasteiger partial charge in [-0.15, -0.1) is 0 Å². The average molecular weight is 307 g/mol. The van der Waals surface area contributed by atoms with Gasteiger partial charge in [-0.1, -0.05) is 18.5 Å². The maximum atomic E-state index is 6.07. The highest BCUT2D eigenvalue weighted by atomic mass is 35.5. The molecule has 0 aliphatic carbocycles. The molecule has 5 heteroatoms. The molecule has 0 fully saturated rings. The highest BCUT2D eigenvalue weighted by molar-refractivity contribution is 6.31. The molecule has 0 bridgehead atoms. The van der Waals surface area contributed by atoms with Crippen LogP contribution >= 0.6 is 11.6 Å². The fourth-order valence-electron chi connectivity index (χ4n) is 1.78. The number of benzene rings is 1. The van der Waals surface area contributed by atoms with Crippen molar-refractivity contribution in [3.63, 3.8) is 0 Å². The van der Waals surface area contributed by atoms with Gasteiger partial charge in [-0.3, -0.25) is 0 Å². The Morgan fingerprint density at radius 3 is 2.57 bits per heavy atom. The van der Waals surface area contributed by atoms with E-state index in [1.165, 1.54) is 0 Å². The zero-order chi connectivity index (χ0) is 15.1. The van der Waals surface area contributed by atoms with Crippen LogP contribution in [0.3, 0.4) is 0 Å². The van der Waals surface area contributed by atoms with Crippen LogP contribution in [0.5, 0.6) is 17.4 Å². The van der Waals surface area contributed by atoms with Gasteiger partial charge in [0.15, 0.2) is 0 Å². The Morgan fingerprint density at radius 1 is 1.19 bits per heavy atom. The van der Waals surface area contributed by atoms with Gasteiger partial charge in [0.05, 0.1) is 11.6 Å². The third-order valence-electron chi connectivity index (χ3n) is 2.80. The first kappa shape index (κ1) is 15.6. The van der Waals surface area contributed by atoms with E-state index in [-0.39, 0.29) is 0 Å². The van der Waals surface area contributed by atoms with Crippen LogP contribution in [0.15, 0.2) is 36.5 Å². The van der Waals surface area contributed by atoms with Crippen LogP contribution < -0.4 is 14.8 Å². The number of pyridine rings is 1. The number of rotatable bonds is 7. The second-order valence-electron chi connectivity index (χ2n) is 4.57. The van der Waals surface area contributed by atoms with Crippen LogP contribution in [0.4, 0.5) is 0 Å². The third-order valence-corrected chi connectivity index (χ3v) is 3.14. The van der Waals surface area contributed by atoms with E-state index in [0.717, 1.165) is 17.7 Å². The van der Waals surface area contributed by atoms with E-state index in [0.29, 0.717) is 29.8 Å². The van der Waals surface area contributed by atoms with Crippen LogP contribution in [0.25, 0.3) is 0 Å². The van der Waals surface area contributed by atoms with Crippen molar-refractivity contribution in [3.8, 4) is 17.4 Å². The first-order valence-corrected chi connectivity index (χ1v) is 7.30. The molecular weight excluding hydrogens is 288 g/mol. The molecule has 0 spiro atoms. The molecule has 0 radical (unpaired) electrons. The van der Waals surface area contributed by atoms with Gasteiger partial charge >= 0.3 is 0 Å². The summed E-state index contributed by atoms with van der Waals surface area (Å²) >= 11 is 6.07. The maximum absolute atomic E-state index is 6.07. The number of hydrogen-bond donors (Lipinski definition) is 1. The van der Waals surface area contributed by atoms with E-state index in [1.807, 2.05) is 37.4 Å². The predicted octanol–water partition coefficient (Wildman–Crippen LogP) is 4.04. The predicted molar refractivity (Wildman–Crippen MR) is 84.3 cm³/mol. The first-order chi connectivity index (χ1) is 10.2. The maximum Gasteiger partial charge on any atom is 0.219 e. The van der Waals surface area contributed by atoms with E-state index in [2.05, 4.69) is 17.2 Å². The molecule has 2 aromatic rings. The molecule has 1 aromatic carbocycles. The summed E-state index contributed by atoms with van der Waals surface area (Å²) in [5, 5.41) is 3.68. The second-order valence-corrected chi connectivity index (χ2v) is 4.97. The van der Waals surface area contributed by atoms with E-state index in [4.69, 9.17) is 21.1 Å². The molecule has 21 heavy (non-hydrogen) atoms. The molecule has 0 amide bonds. The van der Waals surface area contributed by atoms with Crippen molar-refractivity contribution in [2.24, 2.45) is 0 Å². The lowest BCUT2D eigenvalue weighted by Gasteiger charge is -2.09. The quantitative estimate of drug-likeness (QED) is 0.838. The Bertz CT molecular complexity index is 573. The first-order valence-electron chi connectivity index (χ1n) is 6.92. The molecule has 2 rings (SSSR count). The summed E-state index contributed by atoms with van der Waals surface area (Å²) in [5.74, 6) is 2.07. The van der Waals surface area contributed by atoms with Crippen molar-refractivity contribution in [2.45, 2.75) is 19.9 Å². The average Bonchev–Trinajstić information content (AvgIpc) is 2.50. The lowest BCUT2D eigenvalue weighted by atomic mass is 10.2. The number of nitrogens with zero attached hydrogens (tertiary/aromatic N) is 1. The fourth-order valence-corrected chi connectivity index (χ4v) is 1.95. The standard InChI is InChI=1S/C16H19ClN2O2/c1-3-8-20-13-4-6-14(7-5-13)21-16-9-12(10-18-2)15(17)11-19-16/h4-7,9,11,18H,3,8,10H2,1-2H3. The minimum absolute atomic E-state index is 0.520. The minimum Gasteiger partial charge on any atom is -0.494 e. The minimum atomic E-state index is 0.520. The SMILES string of the molecule is CCCOc1ccc(Oc2cc(CNC)c(Cl)cn2)cc1. The van der Waals surface area contributed by atoms with Gasteiger partial charge in [-0.2, -0.15) is 0 Å². The number of ether oxygens (including phenoxy) is 2. The summed E-state index contributed by atoms with van der Waals surface area (Å²) in [7, 11) is 1.87. The molecule has 0 aliphatic rings. The van der Waals surface area contributed by atoms with E-state index >= 15 is 0 Å². The third kappa shape index (κ3) is 4.62. The van der Waals surface area contributed by atoms with Gasteiger partial charge in [0.2, 0.25) is 5.88 Å². The van der Waals surface area contributed by atoms with Crippen molar-refractivity contribution in [2.75, 3.05) is 13.7 Å². The summed E-state index contributed by atoms with van der Waals surface area (Å²) in [5.41, 5.74) is 0.951. The van der Waals surface area contributed by atoms with Crippen LogP contribution in [0, 0.1) is 0 Å². The van der Waals surface area contributed by atoms with Gasteiger partial charge in [0.25, 0.3) is 0 Å². The van der Waals surface area contributed by atoms with Gasteiger partial charge < -0.3 is 14.8 Å². The Balaban J connectivity index is 2.05. The normalized spacial score (nSPS) is 10.4. The van der Waals surface area contributed by atoms with Gasteiger partial charge in [-0.05, 0) is 43.3 Å². The number of nitrogens with one attached hydrogen (secondary N) is 1. The smallest absolute Gasteiger partial charge is 0.219 e. The number of halogens is 1. The van der Waals surface area contributed by atoms with Crippen molar-refractivity contribution in [1.29, 1.82) is 0 Å². The van der Waals surface area contributed by atoms with Crippen molar-refractivity contribution >= 4 is 11.6 Å². The zero-order valence-electron chi connectivity index (χ0n) is 12.2. The summed E-state index contributed by atoms with van der Waals surface area (Å²) in [4.78, 5) is 4.18. The van der Waals surface area contributed by atoms with Gasteiger partial charge in [-0.25, -0.2) is 4.98 Å². The summed E-state index contributed by atoms with van der Waals surface area (Å²) in [6, 6.07) is 9.32.